The van der Waals surface area contributed by atoms with Gasteiger partial charge in [0.1, 0.15) is 15.7 Å². The van der Waals surface area contributed by atoms with Crippen molar-refractivity contribution in [1.82, 2.24) is 14.4 Å². The summed E-state index contributed by atoms with van der Waals surface area (Å²) in [7, 11) is -1.74. The molecule has 170 valence electrons. The van der Waals surface area contributed by atoms with Gasteiger partial charge in [-0.05, 0) is 30.7 Å². The lowest BCUT2D eigenvalue weighted by atomic mass is 9.98. The summed E-state index contributed by atoms with van der Waals surface area (Å²) in [6.07, 6.45) is 2.83. The minimum atomic E-state index is -3.52. The van der Waals surface area contributed by atoms with Gasteiger partial charge < -0.3 is 9.42 Å². The minimum Gasteiger partial charge on any atom is -0.361 e. The quantitative estimate of drug-likeness (QED) is 0.496. The van der Waals surface area contributed by atoms with Crippen LogP contribution in [0, 0.1) is 5.92 Å². The largest absolute Gasteiger partial charge is 0.361 e. The first-order valence-corrected chi connectivity index (χ1v) is 13.1. The third-order valence-corrected chi connectivity index (χ3v) is 8.98. The zero-order chi connectivity index (χ0) is 22.6. The average molecular weight is 474 g/mol. The number of carbonyl (C=O) groups is 1. The highest BCUT2D eigenvalue weighted by Gasteiger charge is 2.34. The molecule has 0 N–H and O–H groups in total. The van der Waals surface area contributed by atoms with Gasteiger partial charge in [-0.3, -0.25) is 4.79 Å². The second-order valence-electron chi connectivity index (χ2n) is 8.04. The van der Waals surface area contributed by atoms with E-state index in [-0.39, 0.29) is 18.4 Å². The maximum atomic E-state index is 13.0. The second kappa shape index (κ2) is 9.97. The normalized spacial score (nSPS) is 17.3. The van der Waals surface area contributed by atoms with E-state index in [0.29, 0.717) is 36.6 Å². The van der Waals surface area contributed by atoms with Gasteiger partial charge in [0.2, 0.25) is 5.91 Å². The molecule has 0 aliphatic carbocycles. The Bertz CT molecular complexity index is 1130. The summed E-state index contributed by atoms with van der Waals surface area (Å²) in [6.45, 7) is 1.28. The van der Waals surface area contributed by atoms with Crippen LogP contribution in [0.15, 0.2) is 62.6 Å². The number of amides is 1. The fourth-order valence-electron chi connectivity index (χ4n) is 3.99. The number of aromatic nitrogens is 1. The van der Waals surface area contributed by atoms with Crippen molar-refractivity contribution in [1.29, 1.82) is 0 Å². The van der Waals surface area contributed by atoms with Gasteiger partial charge >= 0.3 is 0 Å². The summed E-state index contributed by atoms with van der Waals surface area (Å²) in [6, 6.07) is 15.1. The molecule has 1 aliphatic heterocycles. The van der Waals surface area contributed by atoms with Crippen molar-refractivity contribution in [3.63, 3.8) is 0 Å². The minimum absolute atomic E-state index is 0.00127. The SMILES string of the molecule is CN(CCCc1cc(-c2ccccc2)no1)C(=O)C1CCCN(S(=O)(=O)c2cccs2)C1. The van der Waals surface area contributed by atoms with Crippen LogP contribution in [0.25, 0.3) is 11.3 Å². The third kappa shape index (κ3) is 5.11. The summed E-state index contributed by atoms with van der Waals surface area (Å²) >= 11 is 1.21. The number of carbonyl (C=O) groups excluding carboxylic acids is 1. The summed E-state index contributed by atoms with van der Waals surface area (Å²) in [5, 5.41) is 5.88. The van der Waals surface area contributed by atoms with Crippen molar-refractivity contribution in [3.8, 4) is 11.3 Å². The Morgan fingerprint density at radius 1 is 1.25 bits per heavy atom. The van der Waals surface area contributed by atoms with Gasteiger partial charge in [-0.2, -0.15) is 4.31 Å². The molecule has 0 spiro atoms. The number of rotatable bonds is 8. The maximum Gasteiger partial charge on any atom is 0.252 e. The van der Waals surface area contributed by atoms with E-state index in [9.17, 15) is 13.2 Å². The number of aryl methyl sites for hydroxylation is 1. The third-order valence-electron chi connectivity index (χ3n) is 5.74. The van der Waals surface area contributed by atoms with E-state index in [2.05, 4.69) is 5.16 Å². The van der Waals surface area contributed by atoms with Crippen LogP contribution in [-0.2, 0) is 21.2 Å². The van der Waals surface area contributed by atoms with E-state index in [0.717, 1.165) is 23.4 Å². The summed E-state index contributed by atoms with van der Waals surface area (Å²) in [5.41, 5.74) is 1.81. The van der Waals surface area contributed by atoms with E-state index in [1.807, 2.05) is 36.4 Å². The Hall–Kier alpha value is -2.49. The van der Waals surface area contributed by atoms with E-state index < -0.39 is 10.0 Å². The van der Waals surface area contributed by atoms with Crippen LogP contribution in [0.4, 0.5) is 0 Å². The molecule has 0 bridgehead atoms. The van der Waals surface area contributed by atoms with Crippen LogP contribution >= 0.6 is 11.3 Å². The van der Waals surface area contributed by atoms with E-state index in [1.165, 1.54) is 15.6 Å². The zero-order valence-electron chi connectivity index (χ0n) is 18.0. The second-order valence-corrected chi connectivity index (χ2v) is 11.2. The van der Waals surface area contributed by atoms with Crippen molar-refractivity contribution in [2.75, 3.05) is 26.7 Å². The van der Waals surface area contributed by atoms with Crippen molar-refractivity contribution < 1.29 is 17.7 Å². The molecule has 1 unspecified atom stereocenters. The first kappa shape index (κ1) is 22.7. The molecule has 1 aliphatic rings. The van der Waals surface area contributed by atoms with Crippen molar-refractivity contribution in [2.24, 2.45) is 5.92 Å². The maximum absolute atomic E-state index is 13.0. The topological polar surface area (TPSA) is 83.7 Å². The molecule has 3 heterocycles. The first-order chi connectivity index (χ1) is 15.4. The lowest BCUT2D eigenvalue weighted by Crippen LogP contribution is -2.45. The molecule has 1 aromatic carbocycles. The van der Waals surface area contributed by atoms with Crippen LogP contribution in [0.2, 0.25) is 0 Å². The molecule has 2 aromatic heterocycles. The highest BCUT2D eigenvalue weighted by atomic mass is 32.2. The smallest absolute Gasteiger partial charge is 0.252 e. The Labute approximate surface area is 192 Å². The number of thiophene rings is 1. The molecule has 0 radical (unpaired) electrons. The molecule has 1 atom stereocenters. The number of hydrogen-bond acceptors (Lipinski definition) is 6. The molecule has 1 amide bonds. The number of benzene rings is 1. The summed E-state index contributed by atoms with van der Waals surface area (Å²) in [5.74, 6) is 0.479. The lowest BCUT2D eigenvalue weighted by Gasteiger charge is -2.33. The molecule has 9 heteroatoms. The van der Waals surface area contributed by atoms with Crippen molar-refractivity contribution in [3.05, 3.63) is 59.7 Å². The molecular weight excluding hydrogens is 446 g/mol. The molecular formula is C23H27N3O4S2. The number of nitrogens with zero attached hydrogens (tertiary/aromatic N) is 3. The lowest BCUT2D eigenvalue weighted by molar-refractivity contribution is -0.135. The predicted molar refractivity (Wildman–Crippen MR) is 124 cm³/mol. The van der Waals surface area contributed by atoms with E-state index >= 15 is 0 Å². The Morgan fingerprint density at radius 3 is 2.81 bits per heavy atom. The van der Waals surface area contributed by atoms with E-state index in [1.54, 1.807) is 29.5 Å². The molecule has 4 rings (SSSR count). The van der Waals surface area contributed by atoms with Gasteiger partial charge in [0, 0.05) is 44.7 Å². The molecule has 0 saturated carbocycles. The zero-order valence-corrected chi connectivity index (χ0v) is 19.6. The standard InChI is InChI=1S/C23H27N3O4S2/c1-25(13-6-11-20-16-21(24-30-20)18-8-3-2-4-9-18)23(27)19-10-5-14-26(17-19)32(28,29)22-12-7-15-31-22/h2-4,7-9,12,15-16,19H,5-6,10-11,13-14,17H2,1H3. The first-order valence-electron chi connectivity index (χ1n) is 10.7. The molecule has 7 nitrogen and oxygen atoms in total. The Balaban J connectivity index is 1.29. The highest BCUT2D eigenvalue weighted by molar-refractivity contribution is 7.91. The predicted octanol–water partition coefficient (Wildman–Crippen LogP) is 3.90. The van der Waals surface area contributed by atoms with Crippen LogP contribution in [0.1, 0.15) is 25.0 Å². The van der Waals surface area contributed by atoms with Gasteiger partial charge in [0.15, 0.2) is 0 Å². The van der Waals surface area contributed by atoms with Gasteiger partial charge in [-0.1, -0.05) is 41.6 Å². The van der Waals surface area contributed by atoms with Crippen LogP contribution in [0.5, 0.6) is 0 Å². The molecule has 1 saturated heterocycles. The van der Waals surface area contributed by atoms with Gasteiger partial charge in [-0.25, -0.2) is 8.42 Å². The molecule has 32 heavy (non-hydrogen) atoms. The van der Waals surface area contributed by atoms with Gasteiger partial charge in [-0.15, -0.1) is 11.3 Å². The Morgan fingerprint density at radius 2 is 2.06 bits per heavy atom. The molecule has 3 aromatic rings. The monoisotopic (exact) mass is 473 g/mol. The average Bonchev–Trinajstić information content (AvgIpc) is 3.52. The van der Waals surface area contributed by atoms with Crippen molar-refractivity contribution in [2.45, 2.75) is 29.9 Å². The fraction of sp³-hybridized carbons (Fsp3) is 0.391. The van der Waals surface area contributed by atoms with Gasteiger partial charge in [0.25, 0.3) is 10.0 Å². The molecule has 1 fully saturated rings. The number of piperidine rings is 1. The van der Waals surface area contributed by atoms with Crippen LogP contribution in [-0.4, -0.2) is 55.4 Å². The highest BCUT2D eigenvalue weighted by Crippen LogP contribution is 2.27. The van der Waals surface area contributed by atoms with Crippen LogP contribution in [0.3, 0.4) is 0 Å². The van der Waals surface area contributed by atoms with E-state index in [4.69, 9.17) is 4.52 Å². The Kier molecular flexibility index (Phi) is 7.07. The number of sulfonamides is 1. The summed E-state index contributed by atoms with van der Waals surface area (Å²) < 4.78 is 32.9. The summed E-state index contributed by atoms with van der Waals surface area (Å²) in [4.78, 5) is 14.7. The fourth-order valence-corrected chi connectivity index (χ4v) is 6.66. The number of hydrogen-bond donors (Lipinski definition) is 0. The van der Waals surface area contributed by atoms with Gasteiger partial charge in [0.05, 0.1) is 5.92 Å². The van der Waals surface area contributed by atoms with Crippen molar-refractivity contribution >= 4 is 27.3 Å². The van der Waals surface area contributed by atoms with Crippen LogP contribution < -0.4 is 0 Å².